The van der Waals surface area contributed by atoms with Gasteiger partial charge in [-0.15, -0.1) is 6.42 Å². The van der Waals surface area contributed by atoms with Crippen LogP contribution in [0.1, 0.15) is 18.2 Å². The lowest BCUT2D eigenvalue weighted by Gasteiger charge is -2.17. The van der Waals surface area contributed by atoms with Crippen LogP contribution in [0.5, 0.6) is 11.5 Å². The number of ether oxygens (including phenoxy) is 1. The van der Waals surface area contributed by atoms with Gasteiger partial charge in [-0.25, -0.2) is 4.68 Å². The Balaban J connectivity index is 2.90. The van der Waals surface area contributed by atoms with Crippen LogP contribution in [0.15, 0.2) is 16.9 Å². The number of nitrogens with zero attached hydrogens (tertiary/aromatic N) is 2. The average Bonchev–Trinajstić information content (AvgIpc) is 2.51. The Hall–Kier alpha value is -2.45. The normalized spacial score (nSPS) is 10.4. The van der Waals surface area contributed by atoms with Gasteiger partial charge in [-0.05, 0) is 32.4 Å². The highest BCUT2D eigenvalue weighted by molar-refractivity contribution is 6.32. The minimum atomic E-state index is -0.489. The Morgan fingerprint density at radius 1 is 1.39 bits per heavy atom. The monoisotopic (exact) mass is 332 g/mol. The molecule has 6 heteroatoms. The number of aryl methyl sites for hydroxylation is 2. The number of rotatable bonds is 4. The van der Waals surface area contributed by atoms with Crippen molar-refractivity contribution in [2.75, 3.05) is 6.61 Å². The lowest BCUT2D eigenvalue weighted by atomic mass is 9.99. The van der Waals surface area contributed by atoms with Crippen molar-refractivity contribution in [3.05, 3.63) is 38.8 Å². The highest BCUT2D eigenvalue weighted by Gasteiger charge is 2.23. The van der Waals surface area contributed by atoms with Crippen LogP contribution < -0.4 is 10.3 Å². The summed E-state index contributed by atoms with van der Waals surface area (Å²) in [6, 6.07) is 3.46. The standard InChI is InChI=1S/C17H17ClN2O3/c1-5-9-20-17(22)14(15(21)11(4)19-20)13-10(3)7-8-12(18)16(13)23-6-2/h1,7-8,21H,6,9H2,2-4H3. The van der Waals surface area contributed by atoms with E-state index in [2.05, 4.69) is 11.0 Å². The van der Waals surface area contributed by atoms with E-state index < -0.39 is 5.56 Å². The molecule has 1 aromatic carbocycles. The summed E-state index contributed by atoms with van der Waals surface area (Å²) < 4.78 is 6.74. The molecule has 0 aliphatic heterocycles. The second-order valence-electron chi connectivity index (χ2n) is 4.98. The molecule has 0 bridgehead atoms. The molecule has 0 atom stereocenters. The molecule has 0 radical (unpaired) electrons. The molecule has 0 amide bonds. The van der Waals surface area contributed by atoms with E-state index in [1.807, 2.05) is 13.8 Å². The van der Waals surface area contributed by atoms with E-state index in [0.29, 0.717) is 28.6 Å². The molecule has 0 aliphatic rings. The first-order valence-corrected chi connectivity index (χ1v) is 7.46. The summed E-state index contributed by atoms with van der Waals surface area (Å²) in [5.74, 6) is 2.54. The summed E-state index contributed by atoms with van der Waals surface area (Å²) >= 11 is 6.21. The van der Waals surface area contributed by atoms with Crippen molar-refractivity contribution in [1.82, 2.24) is 9.78 Å². The summed E-state index contributed by atoms with van der Waals surface area (Å²) in [5, 5.41) is 14.8. The van der Waals surface area contributed by atoms with Crippen molar-refractivity contribution in [3.63, 3.8) is 0 Å². The summed E-state index contributed by atoms with van der Waals surface area (Å²) in [6.45, 7) is 5.62. The average molecular weight is 333 g/mol. The lowest BCUT2D eigenvalue weighted by Crippen LogP contribution is -2.25. The quantitative estimate of drug-likeness (QED) is 0.874. The first kappa shape index (κ1) is 16.9. The molecule has 1 N–H and O–H groups in total. The fraction of sp³-hybridized carbons (Fsp3) is 0.294. The van der Waals surface area contributed by atoms with Crippen LogP contribution in [0, 0.1) is 26.2 Å². The minimum Gasteiger partial charge on any atom is -0.505 e. The molecule has 5 nitrogen and oxygen atoms in total. The van der Waals surface area contributed by atoms with Gasteiger partial charge < -0.3 is 9.84 Å². The van der Waals surface area contributed by atoms with Crippen molar-refractivity contribution >= 4 is 11.6 Å². The molecule has 0 fully saturated rings. The van der Waals surface area contributed by atoms with E-state index in [1.165, 1.54) is 0 Å². The first-order valence-electron chi connectivity index (χ1n) is 7.08. The molecule has 23 heavy (non-hydrogen) atoms. The summed E-state index contributed by atoms with van der Waals surface area (Å²) in [7, 11) is 0. The zero-order valence-electron chi connectivity index (χ0n) is 13.2. The molecule has 0 spiro atoms. The van der Waals surface area contributed by atoms with E-state index in [1.54, 1.807) is 19.1 Å². The van der Waals surface area contributed by atoms with Crippen LogP contribution in [-0.4, -0.2) is 21.5 Å². The third kappa shape index (κ3) is 3.03. The Morgan fingerprint density at radius 2 is 2.09 bits per heavy atom. The van der Waals surface area contributed by atoms with Gasteiger partial charge in [0, 0.05) is 5.56 Å². The number of aromatic hydroxyl groups is 1. The third-order valence-corrected chi connectivity index (χ3v) is 3.69. The first-order chi connectivity index (χ1) is 10.9. The highest BCUT2D eigenvalue weighted by Crippen LogP contribution is 2.41. The fourth-order valence-electron chi connectivity index (χ4n) is 2.36. The lowest BCUT2D eigenvalue weighted by molar-refractivity contribution is 0.341. The Labute approximate surface area is 139 Å². The van der Waals surface area contributed by atoms with Gasteiger partial charge in [-0.2, -0.15) is 5.10 Å². The van der Waals surface area contributed by atoms with Crippen molar-refractivity contribution in [2.24, 2.45) is 0 Å². The zero-order chi connectivity index (χ0) is 17.1. The number of aromatic nitrogens is 2. The van der Waals surface area contributed by atoms with Crippen LogP contribution in [-0.2, 0) is 6.54 Å². The van der Waals surface area contributed by atoms with Crippen LogP contribution in [0.2, 0.25) is 5.02 Å². The molecule has 0 saturated heterocycles. The van der Waals surface area contributed by atoms with E-state index in [0.717, 1.165) is 10.2 Å². The van der Waals surface area contributed by atoms with Gasteiger partial charge in [0.1, 0.15) is 18.0 Å². The maximum Gasteiger partial charge on any atom is 0.279 e. The predicted octanol–water partition coefficient (Wildman–Crippen LogP) is 2.92. The number of terminal acetylenes is 1. The van der Waals surface area contributed by atoms with Gasteiger partial charge in [-0.3, -0.25) is 4.79 Å². The van der Waals surface area contributed by atoms with Crippen molar-refractivity contribution in [2.45, 2.75) is 27.3 Å². The van der Waals surface area contributed by atoms with E-state index in [9.17, 15) is 9.90 Å². The highest BCUT2D eigenvalue weighted by atomic mass is 35.5. The third-order valence-electron chi connectivity index (χ3n) is 3.40. The Morgan fingerprint density at radius 3 is 2.70 bits per heavy atom. The van der Waals surface area contributed by atoms with Gasteiger partial charge >= 0.3 is 0 Å². The summed E-state index contributed by atoms with van der Waals surface area (Å²) in [5.41, 5.74) is 1.12. The molecule has 0 unspecified atom stereocenters. The smallest absolute Gasteiger partial charge is 0.279 e. The predicted molar refractivity (Wildman–Crippen MR) is 90.1 cm³/mol. The molecule has 120 valence electrons. The van der Waals surface area contributed by atoms with Gasteiger partial charge in [0.15, 0.2) is 5.75 Å². The van der Waals surface area contributed by atoms with Gasteiger partial charge in [0.05, 0.1) is 17.2 Å². The number of hydrogen-bond acceptors (Lipinski definition) is 4. The maximum atomic E-state index is 12.7. The Kier molecular flexibility index (Phi) is 4.97. The molecular formula is C17H17ClN2O3. The van der Waals surface area contributed by atoms with Gasteiger partial charge in [0.25, 0.3) is 5.56 Å². The van der Waals surface area contributed by atoms with Crippen LogP contribution in [0.25, 0.3) is 11.1 Å². The number of benzene rings is 1. The number of hydrogen-bond donors (Lipinski definition) is 1. The second kappa shape index (κ2) is 6.76. The minimum absolute atomic E-state index is 0.0105. The van der Waals surface area contributed by atoms with Crippen molar-refractivity contribution in [3.8, 4) is 35.0 Å². The molecule has 1 aromatic heterocycles. The van der Waals surface area contributed by atoms with E-state index in [4.69, 9.17) is 22.8 Å². The molecule has 0 saturated carbocycles. The summed E-state index contributed by atoms with van der Waals surface area (Å²) in [4.78, 5) is 12.7. The van der Waals surface area contributed by atoms with Gasteiger partial charge in [0.2, 0.25) is 0 Å². The van der Waals surface area contributed by atoms with Crippen LogP contribution in [0.3, 0.4) is 0 Å². The molecule has 1 heterocycles. The topological polar surface area (TPSA) is 64.3 Å². The largest absolute Gasteiger partial charge is 0.505 e. The molecule has 2 rings (SSSR count). The summed E-state index contributed by atoms with van der Waals surface area (Å²) in [6.07, 6.45) is 5.28. The fourth-order valence-corrected chi connectivity index (χ4v) is 2.57. The Bertz CT molecular complexity index is 850. The second-order valence-corrected chi connectivity index (χ2v) is 5.38. The molecule has 0 aliphatic carbocycles. The van der Waals surface area contributed by atoms with Crippen molar-refractivity contribution in [1.29, 1.82) is 0 Å². The van der Waals surface area contributed by atoms with Crippen molar-refractivity contribution < 1.29 is 9.84 Å². The maximum absolute atomic E-state index is 12.7. The molecular weight excluding hydrogens is 316 g/mol. The van der Waals surface area contributed by atoms with E-state index >= 15 is 0 Å². The van der Waals surface area contributed by atoms with Gasteiger partial charge in [-0.1, -0.05) is 23.6 Å². The molecule has 2 aromatic rings. The zero-order valence-corrected chi connectivity index (χ0v) is 13.9. The SMILES string of the molecule is C#CCn1nc(C)c(O)c(-c2c(C)ccc(Cl)c2OCC)c1=O. The number of halogens is 1. The van der Waals surface area contributed by atoms with Crippen LogP contribution >= 0.6 is 11.6 Å². The van der Waals surface area contributed by atoms with E-state index in [-0.39, 0.29) is 17.9 Å². The van der Waals surface area contributed by atoms with Crippen LogP contribution in [0.4, 0.5) is 0 Å².